The Hall–Kier alpha value is -4.26. The third kappa shape index (κ3) is 5.52. The highest BCUT2D eigenvalue weighted by Crippen LogP contribution is 2.31. The minimum absolute atomic E-state index is 0.0943. The Morgan fingerprint density at radius 3 is 2.63 bits per heavy atom. The van der Waals surface area contributed by atoms with Crippen LogP contribution < -0.4 is 4.90 Å². The summed E-state index contributed by atoms with van der Waals surface area (Å²) in [5.74, 6) is -2.10. The van der Waals surface area contributed by atoms with Crippen LogP contribution in [0.3, 0.4) is 0 Å². The monoisotopic (exact) mass is 512 g/mol. The maximum Gasteiger partial charge on any atom is 0.328 e. The summed E-state index contributed by atoms with van der Waals surface area (Å²) < 4.78 is 26.5. The maximum atomic E-state index is 15.6. The number of aromatic nitrogens is 2. The number of hydrogen-bond acceptors (Lipinski definition) is 3. The van der Waals surface area contributed by atoms with Crippen molar-refractivity contribution >= 4 is 34.5 Å². The lowest BCUT2D eigenvalue weighted by atomic mass is 9.88. The number of rotatable bonds is 7. The first-order chi connectivity index (χ1) is 18.8. The minimum atomic E-state index is -1.31. The molecule has 0 bridgehead atoms. The van der Waals surface area contributed by atoms with Crippen LogP contribution >= 0.6 is 0 Å². The van der Waals surface area contributed by atoms with E-state index in [0.717, 1.165) is 54.6 Å². The molecule has 0 aliphatic heterocycles. The van der Waals surface area contributed by atoms with E-state index in [1.54, 1.807) is 47.3 Å². The van der Waals surface area contributed by atoms with Gasteiger partial charge in [0.05, 0.1) is 19.6 Å². The van der Waals surface area contributed by atoms with Crippen LogP contribution in [0.1, 0.15) is 44.6 Å². The van der Waals surface area contributed by atoms with E-state index in [9.17, 15) is 9.59 Å². The van der Waals surface area contributed by atoms with E-state index < -0.39 is 18.3 Å². The van der Waals surface area contributed by atoms with E-state index in [4.69, 9.17) is 6.48 Å². The van der Waals surface area contributed by atoms with Gasteiger partial charge >= 0.3 is 5.97 Å². The van der Waals surface area contributed by atoms with Crippen molar-refractivity contribution in [3.8, 4) is 11.1 Å². The predicted molar refractivity (Wildman–Crippen MR) is 147 cm³/mol. The Labute approximate surface area is 222 Å². The highest BCUT2D eigenvalue weighted by Gasteiger charge is 2.28. The molecular weight excluding hydrogens is 481 g/mol. The number of anilines is 1. The lowest BCUT2D eigenvalue weighted by Crippen LogP contribution is -2.37. The molecule has 1 aliphatic rings. The van der Waals surface area contributed by atoms with Crippen LogP contribution in [0.2, 0.25) is 0 Å². The summed E-state index contributed by atoms with van der Waals surface area (Å²) in [5, 5.41) is 14.2. The average Bonchev–Trinajstić information content (AvgIpc) is 3.32. The summed E-state index contributed by atoms with van der Waals surface area (Å²) in [7, 11) is 1.86. The van der Waals surface area contributed by atoms with E-state index in [-0.39, 0.29) is 17.4 Å². The van der Waals surface area contributed by atoms with Crippen molar-refractivity contribution in [2.24, 2.45) is 13.0 Å². The average molecular weight is 513 g/mol. The number of benzene rings is 3. The molecule has 0 saturated heterocycles. The van der Waals surface area contributed by atoms with Crippen molar-refractivity contribution in [3.05, 3.63) is 89.9 Å². The molecule has 1 fully saturated rings. The molecule has 7 heteroatoms. The fourth-order valence-corrected chi connectivity index (χ4v) is 5.05. The number of carbonyl (C=O) groups excluding carboxylic acids is 1. The number of nitrogens with zero attached hydrogens (tertiary/aromatic N) is 3. The number of halogens is 1. The predicted octanol–water partition coefficient (Wildman–Crippen LogP) is 6.59. The van der Waals surface area contributed by atoms with Crippen LogP contribution in [0.25, 0.3) is 28.1 Å². The van der Waals surface area contributed by atoms with Gasteiger partial charge in [0.2, 0.25) is 5.91 Å². The molecule has 1 atom stereocenters. The Bertz CT molecular complexity index is 1560. The molecule has 1 amide bonds. The molecule has 4 aromatic rings. The van der Waals surface area contributed by atoms with Crippen LogP contribution in [-0.4, -0.2) is 26.8 Å². The second kappa shape index (κ2) is 11.0. The lowest BCUT2D eigenvalue weighted by molar-refractivity contribution is -0.131. The summed E-state index contributed by atoms with van der Waals surface area (Å²) in [6, 6.07) is 17.3. The molecule has 6 nitrogen and oxygen atoms in total. The van der Waals surface area contributed by atoms with Crippen molar-refractivity contribution in [1.82, 2.24) is 9.78 Å². The number of hydrogen-bond donors (Lipinski definition) is 1. The number of carboxylic acid groups (broad SMARTS) is 1. The molecule has 1 aliphatic carbocycles. The Balaban J connectivity index is 1.50. The van der Waals surface area contributed by atoms with Crippen LogP contribution in [0, 0.1) is 11.7 Å². The van der Waals surface area contributed by atoms with Gasteiger partial charge in [-0.1, -0.05) is 49.6 Å². The molecule has 1 saturated carbocycles. The second-order valence-corrected chi connectivity index (χ2v) is 9.72. The van der Waals surface area contributed by atoms with Gasteiger partial charge in [-0.15, -0.1) is 0 Å². The number of aryl methyl sites for hydroxylation is 1. The molecule has 5 rings (SSSR count). The molecule has 0 spiro atoms. The first kappa shape index (κ1) is 24.1. The normalized spacial score (nSPS) is 15.5. The fourth-order valence-electron chi connectivity index (χ4n) is 5.05. The molecule has 1 N–H and O–H groups in total. The molecule has 194 valence electrons. The SMILES string of the molecule is [2H][C@@H](c1ccc(-c2ccc3c(cnn3C)c2)cc1F)N(C(=O)C1CCCCC1)c1cccc(/C=C/C(=O)O)c1. The topological polar surface area (TPSA) is 75.4 Å². The Morgan fingerprint density at radius 2 is 1.87 bits per heavy atom. The number of carboxylic acids is 1. The van der Waals surface area contributed by atoms with Crippen molar-refractivity contribution < 1.29 is 20.5 Å². The van der Waals surface area contributed by atoms with Crippen LogP contribution in [0.5, 0.6) is 0 Å². The number of carbonyl (C=O) groups is 2. The molecule has 0 radical (unpaired) electrons. The summed E-state index contributed by atoms with van der Waals surface area (Å²) >= 11 is 0. The van der Waals surface area contributed by atoms with Crippen molar-refractivity contribution in [2.45, 2.75) is 38.6 Å². The quantitative estimate of drug-likeness (QED) is 0.284. The molecule has 0 unspecified atom stereocenters. The molecular formula is C31H30FN3O3. The van der Waals surface area contributed by atoms with Gasteiger partial charge in [-0.05, 0) is 65.9 Å². The van der Waals surface area contributed by atoms with E-state index in [1.165, 1.54) is 17.0 Å². The minimum Gasteiger partial charge on any atom is -0.478 e. The van der Waals surface area contributed by atoms with Gasteiger partial charge in [0.1, 0.15) is 5.82 Å². The summed E-state index contributed by atoms with van der Waals surface area (Å²) in [6.45, 7) is -1.31. The van der Waals surface area contributed by atoms with Crippen LogP contribution in [0.4, 0.5) is 10.1 Å². The van der Waals surface area contributed by atoms with Gasteiger partial charge in [0.15, 0.2) is 0 Å². The standard InChI is InChI=1S/C31H30FN3O3/c1-34-29-14-13-23(17-26(29)19-33-34)24-11-12-25(28(32)18-24)20-35(31(38)22-7-3-2-4-8-22)27-9-5-6-21(16-27)10-15-30(36)37/h5-6,9-19,22H,2-4,7-8,20H2,1H3,(H,36,37)/b15-10+/i20D/t20-/m0/s1. The largest absolute Gasteiger partial charge is 0.478 e. The molecule has 1 aromatic heterocycles. The maximum absolute atomic E-state index is 15.6. The van der Waals surface area contributed by atoms with Crippen molar-refractivity contribution in [3.63, 3.8) is 0 Å². The zero-order chi connectivity index (χ0) is 27.5. The Morgan fingerprint density at radius 1 is 1.11 bits per heavy atom. The highest BCUT2D eigenvalue weighted by molar-refractivity contribution is 5.95. The van der Waals surface area contributed by atoms with Crippen LogP contribution in [0.15, 0.2) is 72.9 Å². The van der Waals surface area contributed by atoms with Crippen molar-refractivity contribution in [1.29, 1.82) is 0 Å². The second-order valence-electron chi connectivity index (χ2n) is 9.72. The van der Waals surface area contributed by atoms with Gasteiger partial charge in [-0.3, -0.25) is 9.48 Å². The third-order valence-corrected chi connectivity index (χ3v) is 7.11. The smallest absolute Gasteiger partial charge is 0.328 e. The first-order valence-corrected chi connectivity index (χ1v) is 12.8. The van der Waals surface area contributed by atoms with Crippen molar-refractivity contribution in [2.75, 3.05) is 4.90 Å². The van der Waals surface area contributed by atoms with Gasteiger partial charge in [-0.25, -0.2) is 9.18 Å². The first-order valence-electron chi connectivity index (χ1n) is 13.4. The Kier molecular flexibility index (Phi) is 6.98. The van der Waals surface area contributed by atoms with Gasteiger partial charge < -0.3 is 10.0 Å². The van der Waals surface area contributed by atoms with E-state index in [0.29, 0.717) is 16.8 Å². The van der Waals surface area contributed by atoms with Crippen LogP contribution in [-0.2, 0) is 23.2 Å². The molecule has 1 heterocycles. The fraction of sp³-hybridized carbons (Fsp3) is 0.258. The third-order valence-electron chi connectivity index (χ3n) is 7.11. The lowest BCUT2D eigenvalue weighted by Gasteiger charge is -2.30. The summed E-state index contributed by atoms with van der Waals surface area (Å²) in [6.07, 6.45) is 8.64. The highest BCUT2D eigenvalue weighted by atomic mass is 19.1. The molecule has 3 aromatic carbocycles. The summed E-state index contributed by atoms with van der Waals surface area (Å²) in [4.78, 5) is 26.1. The van der Waals surface area contributed by atoms with E-state index in [1.807, 2.05) is 25.2 Å². The summed E-state index contributed by atoms with van der Waals surface area (Å²) in [5.41, 5.74) is 3.57. The zero-order valence-electron chi connectivity index (χ0n) is 22.2. The van der Waals surface area contributed by atoms with Gasteiger partial charge in [0.25, 0.3) is 0 Å². The molecule has 38 heavy (non-hydrogen) atoms. The number of amides is 1. The van der Waals surface area contributed by atoms with Gasteiger partial charge in [0, 0.05) is 35.7 Å². The number of fused-ring (bicyclic) bond motifs is 1. The zero-order valence-corrected chi connectivity index (χ0v) is 21.2. The van der Waals surface area contributed by atoms with E-state index in [2.05, 4.69) is 5.10 Å². The van der Waals surface area contributed by atoms with Gasteiger partial charge in [-0.2, -0.15) is 5.10 Å². The van der Waals surface area contributed by atoms with E-state index >= 15 is 4.39 Å². The number of aliphatic carboxylic acids is 1.